The third-order valence-corrected chi connectivity index (χ3v) is 8.22. The molecule has 2 rings (SSSR count). The maximum absolute atomic E-state index is 6.72. The zero-order chi connectivity index (χ0) is 32.8. The summed E-state index contributed by atoms with van der Waals surface area (Å²) in [7, 11) is 17.3. The highest BCUT2D eigenvalue weighted by Gasteiger charge is 2.54. The molecule has 0 bridgehead atoms. The number of hydrogen-bond donors (Lipinski definition) is 0. The Bertz CT molecular complexity index is 750. The first-order valence-electron chi connectivity index (χ1n) is 14.6. The van der Waals surface area contributed by atoms with Crippen LogP contribution in [0.2, 0.25) is 0 Å². The van der Waals surface area contributed by atoms with Crippen molar-refractivity contribution >= 4 is 0 Å². The molecule has 0 amide bonds. The van der Waals surface area contributed by atoms with Crippen molar-refractivity contribution in [2.24, 2.45) is 0 Å². The van der Waals surface area contributed by atoms with Crippen LogP contribution in [-0.2, 0) is 71.1 Å². The summed E-state index contributed by atoms with van der Waals surface area (Å²) in [5.74, 6) is 0. The lowest BCUT2D eigenvalue weighted by Gasteiger charge is -2.50. The van der Waals surface area contributed by atoms with Gasteiger partial charge in [-0.05, 0) is 6.92 Å². The molecule has 14 unspecified atom stereocenters. The van der Waals surface area contributed by atoms with Gasteiger partial charge in [-0.1, -0.05) is 0 Å². The second kappa shape index (κ2) is 20.6. The van der Waals surface area contributed by atoms with Gasteiger partial charge in [0.25, 0.3) is 0 Å². The van der Waals surface area contributed by atoms with Gasteiger partial charge >= 0.3 is 0 Å². The van der Waals surface area contributed by atoms with Crippen LogP contribution in [0, 0.1) is 0 Å². The predicted molar refractivity (Wildman–Crippen MR) is 155 cm³/mol. The van der Waals surface area contributed by atoms with Crippen molar-refractivity contribution in [3.05, 3.63) is 0 Å². The van der Waals surface area contributed by atoms with Crippen molar-refractivity contribution in [1.82, 2.24) is 0 Å². The second-order valence-electron chi connectivity index (χ2n) is 10.6. The molecule has 0 saturated carbocycles. The van der Waals surface area contributed by atoms with Crippen LogP contribution in [0.5, 0.6) is 0 Å². The summed E-state index contributed by atoms with van der Waals surface area (Å²) in [5, 5.41) is 0. The summed E-state index contributed by atoms with van der Waals surface area (Å²) in [6, 6.07) is 0. The number of hydrogen-bond acceptors (Lipinski definition) is 15. The van der Waals surface area contributed by atoms with Crippen LogP contribution in [0.25, 0.3) is 0 Å². The topological polar surface area (TPSA) is 138 Å². The fraction of sp³-hybridized carbons (Fsp3) is 1.00. The van der Waals surface area contributed by atoms with Gasteiger partial charge < -0.3 is 71.1 Å². The second-order valence-corrected chi connectivity index (χ2v) is 10.6. The summed E-state index contributed by atoms with van der Waals surface area (Å²) in [6.45, 7) is 2.54. The van der Waals surface area contributed by atoms with Crippen LogP contribution < -0.4 is 0 Å². The van der Waals surface area contributed by atoms with Crippen LogP contribution in [0.1, 0.15) is 6.92 Å². The highest BCUT2D eigenvalue weighted by atomic mass is 16.8. The average Bonchev–Trinajstić information content (AvgIpc) is 3.04. The molecule has 0 N–H and O–H groups in total. The van der Waals surface area contributed by atoms with Gasteiger partial charge in [0.05, 0.1) is 25.9 Å². The molecule has 2 saturated heterocycles. The first-order valence-corrected chi connectivity index (χ1v) is 14.6. The van der Waals surface area contributed by atoms with E-state index >= 15 is 0 Å². The standard InChI is InChI=1S/C29H56O15/c1-16(33-5)20(21(35-7)17(34-6)13-30-2)43-29-27(25(39-11)23(37-9)19(42-29)15-32-4)44-28-26(40-12)24(38-10)22(36-8)18(41-28)14-31-3/h16-29H,13-15H2,1-12H3. The van der Waals surface area contributed by atoms with Crippen molar-refractivity contribution < 1.29 is 71.1 Å². The molecular formula is C29H56O15. The minimum Gasteiger partial charge on any atom is -0.382 e. The van der Waals surface area contributed by atoms with E-state index in [9.17, 15) is 0 Å². The van der Waals surface area contributed by atoms with E-state index < -0.39 is 85.8 Å². The maximum Gasteiger partial charge on any atom is 0.187 e. The van der Waals surface area contributed by atoms with Crippen molar-refractivity contribution in [2.75, 3.05) is 98.0 Å². The maximum atomic E-state index is 6.72. The minimum atomic E-state index is -1.05. The van der Waals surface area contributed by atoms with Crippen LogP contribution in [-0.4, -0.2) is 184 Å². The summed E-state index contributed by atoms with van der Waals surface area (Å²) < 4.78 is 89.2. The van der Waals surface area contributed by atoms with Crippen molar-refractivity contribution in [1.29, 1.82) is 0 Å². The SMILES string of the molecule is COCC(OC)C(OC)C(OC1OC(COC)C(OC)C(OC)C1OC1OC(COC)C(OC)C(OC)C1OC)C(C)OC. The Morgan fingerprint density at radius 2 is 1.00 bits per heavy atom. The third-order valence-electron chi connectivity index (χ3n) is 8.22. The van der Waals surface area contributed by atoms with E-state index in [4.69, 9.17) is 71.1 Å². The molecule has 2 aliphatic heterocycles. The van der Waals surface area contributed by atoms with Gasteiger partial charge in [0.15, 0.2) is 12.6 Å². The molecule has 0 aliphatic carbocycles. The van der Waals surface area contributed by atoms with Gasteiger partial charge in [-0.25, -0.2) is 0 Å². The molecule has 2 heterocycles. The lowest BCUT2D eigenvalue weighted by Crippen LogP contribution is -2.67. The molecule has 14 atom stereocenters. The Balaban J connectivity index is 2.57. The Hall–Kier alpha value is -0.600. The van der Waals surface area contributed by atoms with Gasteiger partial charge in [-0.15, -0.1) is 0 Å². The lowest BCUT2D eigenvalue weighted by atomic mass is 9.96. The van der Waals surface area contributed by atoms with Gasteiger partial charge in [0, 0.05) is 78.2 Å². The van der Waals surface area contributed by atoms with Gasteiger partial charge in [0.1, 0.15) is 67.1 Å². The number of ether oxygens (including phenoxy) is 15. The summed E-state index contributed by atoms with van der Waals surface area (Å²) in [5.41, 5.74) is 0. The third kappa shape index (κ3) is 9.49. The molecule has 2 aliphatic rings. The first kappa shape index (κ1) is 39.6. The number of rotatable bonds is 21. The van der Waals surface area contributed by atoms with E-state index in [1.54, 1.807) is 78.2 Å². The minimum absolute atomic E-state index is 0.200. The van der Waals surface area contributed by atoms with E-state index in [2.05, 4.69) is 0 Å². The van der Waals surface area contributed by atoms with E-state index in [0.29, 0.717) is 0 Å². The zero-order valence-corrected chi connectivity index (χ0v) is 28.3. The monoisotopic (exact) mass is 644 g/mol. The van der Waals surface area contributed by atoms with Crippen molar-refractivity contribution in [2.45, 2.75) is 92.8 Å². The molecule has 44 heavy (non-hydrogen) atoms. The van der Waals surface area contributed by atoms with E-state index in [1.807, 2.05) is 6.92 Å². The van der Waals surface area contributed by atoms with Gasteiger partial charge in [-0.3, -0.25) is 0 Å². The molecule has 0 aromatic carbocycles. The largest absolute Gasteiger partial charge is 0.382 e. The van der Waals surface area contributed by atoms with Crippen LogP contribution in [0.4, 0.5) is 0 Å². The van der Waals surface area contributed by atoms with Crippen molar-refractivity contribution in [3.8, 4) is 0 Å². The normalized spacial score (nSPS) is 35.7. The van der Waals surface area contributed by atoms with E-state index in [1.165, 1.54) is 0 Å². The molecule has 262 valence electrons. The molecule has 0 aromatic heterocycles. The molecule has 15 nitrogen and oxygen atoms in total. The van der Waals surface area contributed by atoms with Crippen LogP contribution in [0.3, 0.4) is 0 Å². The highest BCUT2D eigenvalue weighted by molar-refractivity contribution is 4.97. The first-order chi connectivity index (χ1) is 21.3. The Morgan fingerprint density at radius 3 is 1.41 bits per heavy atom. The predicted octanol–water partition coefficient (Wildman–Crippen LogP) is 0.286. The number of methoxy groups -OCH3 is 11. The zero-order valence-electron chi connectivity index (χ0n) is 28.3. The fourth-order valence-electron chi connectivity index (χ4n) is 5.93. The Labute approximate surface area is 262 Å². The van der Waals surface area contributed by atoms with Crippen LogP contribution >= 0.6 is 0 Å². The van der Waals surface area contributed by atoms with Gasteiger partial charge in [0.2, 0.25) is 0 Å². The van der Waals surface area contributed by atoms with Crippen molar-refractivity contribution in [3.63, 3.8) is 0 Å². The van der Waals surface area contributed by atoms with E-state index in [-0.39, 0.29) is 19.8 Å². The van der Waals surface area contributed by atoms with Gasteiger partial charge in [-0.2, -0.15) is 0 Å². The van der Waals surface area contributed by atoms with E-state index in [0.717, 1.165) is 0 Å². The quantitative estimate of drug-likeness (QED) is 0.169. The summed E-state index contributed by atoms with van der Waals surface area (Å²) >= 11 is 0. The molecule has 15 heteroatoms. The van der Waals surface area contributed by atoms with Crippen LogP contribution in [0.15, 0.2) is 0 Å². The summed E-state index contributed by atoms with van der Waals surface area (Å²) in [4.78, 5) is 0. The summed E-state index contributed by atoms with van der Waals surface area (Å²) in [6.07, 6.45) is -9.35. The lowest BCUT2D eigenvalue weighted by molar-refractivity contribution is -0.383. The average molecular weight is 645 g/mol. The molecule has 0 radical (unpaired) electrons. The highest BCUT2D eigenvalue weighted by Crippen LogP contribution is 2.35. The molecule has 0 spiro atoms. The molecule has 2 fully saturated rings. The fourth-order valence-corrected chi connectivity index (χ4v) is 5.93. The smallest absolute Gasteiger partial charge is 0.187 e. The molecular weight excluding hydrogens is 588 g/mol. The Morgan fingerprint density at radius 1 is 0.500 bits per heavy atom. The Kier molecular flexibility index (Phi) is 18.5. The molecule has 0 aromatic rings.